The van der Waals surface area contributed by atoms with Crippen molar-refractivity contribution in [1.29, 1.82) is 0 Å². The third kappa shape index (κ3) is 3.49. The Labute approximate surface area is 175 Å². The van der Waals surface area contributed by atoms with Gasteiger partial charge in [0.15, 0.2) is 0 Å². The van der Waals surface area contributed by atoms with E-state index in [0.717, 1.165) is 23.4 Å². The Bertz CT molecular complexity index is 970. The number of benzene rings is 2. The molecule has 1 amide bonds. The maximum Gasteiger partial charge on any atom is 0.259 e. The van der Waals surface area contributed by atoms with E-state index >= 15 is 0 Å². The number of aromatic nitrogens is 1. The fourth-order valence-corrected chi connectivity index (χ4v) is 5.16. The number of nitrogens with zero attached hydrogens (tertiary/aromatic N) is 2. The summed E-state index contributed by atoms with van der Waals surface area (Å²) in [6.07, 6.45) is 1.61. The van der Waals surface area contributed by atoms with Crippen LogP contribution in [0.5, 0.6) is 5.75 Å². The van der Waals surface area contributed by atoms with Crippen LogP contribution in [0.1, 0.15) is 34.1 Å². The molecule has 1 aromatic heterocycles. The van der Waals surface area contributed by atoms with Crippen LogP contribution in [0.3, 0.4) is 0 Å². The second-order valence-corrected chi connectivity index (χ2v) is 8.72. The van der Waals surface area contributed by atoms with Crippen molar-refractivity contribution in [3.63, 3.8) is 0 Å². The Morgan fingerprint density at radius 2 is 1.85 bits per heavy atom. The first-order chi connectivity index (χ1) is 13.0. The van der Waals surface area contributed by atoms with Crippen molar-refractivity contribution in [2.45, 2.75) is 18.8 Å². The second kappa shape index (κ2) is 7.47. The molecule has 4 rings (SSSR count). The molecule has 0 atom stereocenters. The molecule has 4 nitrogen and oxygen atoms in total. The summed E-state index contributed by atoms with van der Waals surface area (Å²) in [4.78, 5) is 19.3. The molecule has 27 heavy (non-hydrogen) atoms. The van der Waals surface area contributed by atoms with Crippen LogP contribution in [0.25, 0.3) is 10.2 Å². The van der Waals surface area contributed by atoms with Gasteiger partial charge < -0.3 is 10.0 Å². The number of thiazole rings is 1. The van der Waals surface area contributed by atoms with E-state index in [9.17, 15) is 9.90 Å². The zero-order chi connectivity index (χ0) is 19.1. The third-order valence-electron chi connectivity index (χ3n) is 4.80. The van der Waals surface area contributed by atoms with E-state index in [1.165, 1.54) is 10.8 Å². The lowest BCUT2D eigenvalue weighted by Crippen LogP contribution is -2.38. The molecule has 0 saturated carbocycles. The van der Waals surface area contributed by atoms with Crippen LogP contribution in [-0.2, 0) is 0 Å². The van der Waals surface area contributed by atoms with Crippen molar-refractivity contribution >= 4 is 62.3 Å². The fraction of sp³-hybridized carbons (Fsp3) is 0.263. The van der Waals surface area contributed by atoms with Gasteiger partial charge in [-0.05, 0) is 31.0 Å². The number of amides is 1. The summed E-state index contributed by atoms with van der Waals surface area (Å²) in [6.45, 7) is 1.11. The number of phenolic OH excluding ortho intramolecular Hbond substituents is 1. The normalized spacial score (nSPS) is 15.4. The summed E-state index contributed by atoms with van der Waals surface area (Å²) in [6, 6.07) is 9.42. The number of likely N-dealkylation sites (tertiary alicyclic amines) is 1. The van der Waals surface area contributed by atoms with Crippen LogP contribution in [0, 0.1) is 0 Å². The average Bonchev–Trinajstić information content (AvgIpc) is 3.11. The van der Waals surface area contributed by atoms with Crippen LogP contribution >= 0.6 is 46.1 Å². The van der Waals surface area contributed by atoms with E-state index in [1.807, 2.05) is 18.2 Å². The standard InChI is InChI=1S/C19H15Cl3N2O2S/c20-11-9-12(21)17(25)15(16(11)22)19(26)24-7-5-10(6-8-24)18-23-13-3-1-2-4-14(13)27-18/h1-4,9-10,25H,5-8H2. The number of hydrogen-bond donors (Lipinski definition) is 1. The monoisotopic (exact) mass is 440 g/mol. The van der Waals surface area contributed by atoms with Gasteiger partial charge in [0.2, 0.25) is 0 Å². The molecule has 1 N–H and O–H groups in total. The number of halogens is 3. The molecule has 1 saturated heterocycles. The topological polar surface area (TPSA) is 53.4 Å². The van der Waals surface area contributed by atoms with E-state index in [2.05, 4.69) is 6.07 Å². The smallest absolute Gasteiger partial charge is 0.259 e. The molecule has 8 heteroatoms. The highest BCUT2D eigenvalue weighted by Gasteiger charge is 2.30. The SMILES string of the molecule is O=C(c1c(O)c(Cl)cc(Cl)c1Cl)N1CCC(c2nc3ccccc3s2)CC1. The van der Waals surface area contributed by atoms with Crippen LogP contribution in [0.4, 0.5) is 0 Å². The van der Waals surface area contributed by atoms with E-state index in [4.69, 9.17) is 39.8 Å². The van der Waals surface area contributed by atoms with Crippen LogP contribution < -0.4 is 0 Å². The van der Waals surface area contributed by atoms with Crippen LogP contribution in [0.2, 0.25) is 15.1 Å². The average molecular weight is 442 g/mol. The van der Waals surface area contributed by atoms with Crippen molar-refractivity contribution in [1.82, 2.24) is 9.88 Å². The number of carbonyl (C=O) groups excluding carboxylic acids is 1. The quantitative estimate of drug-likeness (QED) is 0.498. The number of rotatable bonds is 2. The van der Waals surface area contributed by atoms with E-state index in [1.54, 1.807) is 16.2 Å². The Kier molecular flexibility index (Phi) is 5.21. The Balaban J connectivity index is 1.52. The van der Waals surface area contributed by atoms with Gasteiger partial charge in [0.25, 0.3) is 5.91 Å². The molecule has 140 valence electrons. The first kappa shape index (κ1) is 18.8. The molecular formula is C19H15Cl3N2O2S. The fourth-order valence-electron chi connectivity index (χ4n) is 3.33. The van der Waals surface area contributed by atoms with E-state index < -0.39 is 0 Å². The maximum absolute atomic E-state index is 12.9. The zero-order valence-electron chi connectivity index (χ0n) is 14.1. The lowest BCUT2D eigenvalue weighted by atomic mass is 9.97. The van der Waals surface area contributed by atoms with E-state index in [0.29, 0.717) is 19.0 Å². The molecule has 1 fully saturated rings. The molecule has 2 aromatic carbocycles. The van der Waals surface area contributed by atoms with Crippen molar-refractivity contribution in [3.05, 3.63) is 56.0 Å². The summed E-state index contributed by atoms with van der Waals surface area (Å²) in [7, 11) is 0. The second-order valence-electron chi connectivity index (χ2n) is 6.46. The molecule has 0 radical (unpaired) electrons. The molecule has 1 aliphatic rings. The molecule has 0 spiro atoms. The zero-order valence-corrected chi connectivity index (χ0v) is 17.2. The van der Waals surface area contributed by atoms with Crippen molar-refractivity contribution in [3.8, 4) is 5.75 Å². The van der Waals surface area contributed by atoms with Gasteiger partial charge in [-0.1, -0.05) is 46.9 Å². The predicted molar refractivity (Wildman–Crippen MR) is 111 cm³/mol. The number of piperidine rings is 1. The number of carbonyl (C=O) groups is 1. The van der Waals surface area contributed by atoms with Gasteiger partial charge in [-0.15, -0.1) is 11.3 Å². The number of fused-ring (bicyclic) bond motifs is 1. The molecule has 0 bridgehead atoms. The van der Waals surface area contributed by atoms with Crippen molar-refractivity contribution < 1.29 is 9.90 Å². The largest absolute Gasteiger partial charge is 0.505 e. The summed E-state index contributed by atoms with van der Waals surface area (Å²) < 4.78 is 1.18. The van der Waals surface area contributed by atoms with Gasteiger partial charge >= 0.3 is 0 Å². The lowest BCUT2D eigenvalue weighted by molar-refractivity contribution is 0.0710. The molecule has 2 heterocycles. The first-order valence-corrected chi connectivity index (χ1v) is 10.4. The third-order valence-corrected chi connectivity index (χ3v) is 7.08. The molecule has 1 aliphatic heterocycles. The lowest BCUT2D eigenvalue weighted by Gasteiger charge is -2.31. The summed E-state index contributed by atoms with van der Waals surface area (Å²) in [5.74, 6) is -0.368. The molecule has 0 unspecified atom stereocenters. The number of hydrogen-bond acceptors (Lipinski definition) is 4. The van der Waals surface area contributed by atoms with E-state index in [-0.39, 0.29) is 32.3 Å². The number of para-hydroxylation sites is 1. The number of phenols is 1. The maximum atomic E-state index is 12.9. The molecule has 3 aromatic rings. The van der Waals surface area contributed by atoms with Gasteiger partial charge in [0, 0.05) is 19.0 Å². The first-order valence-electron chi connectivity index (χ1n) is 8.47. The van der Waals surface area contributed by atoms with Crippen LogP contribution in [-0.4, -0.2) is 34.0 Å². The summed E-state index contributed by atoms with van der Waals surface area (Å²) >= 11 is 19.8. The Hall–Kier alpha value is -1.53. The molecular weight excluding hydrogens is 427 g/mol. The van der Waals surface area contributed by atoms with Gasteiger partial charge in [0.05, 0.1) is 30.3 Å². The molecule has 0 aliphatic carbocycles. The van der Waals surface area contributed by atoms with Gasteiger partial charge in [-0.3, -0.25) is 4.79 Å². The minimum Gasteiger partial charge on any atom is -0.505 e. The minimum absolute atomic E-state index is 0.0112. The van der Waals surface area contributed by atoms with Gasteiger partial charge in [-0.25, -0.2) is 4.98 Å². The highest BCUT2D eigenvalue weighted by molar-refractivity contribution is 7.18. The van der Waals surface area contributed by atoms with Crippen molar-refractivity contribution in [2.75, 3.05) is 13.1 Å². The Morgan fingerprint density at radius 1 is 1.15 bits per heavy atom. The van der Waals surface area contributed by atoms with Gasteiger partial charge in [-0.2, -0.15) is 0 Å². The predicted octanol–water partition coefficient (Wildman–Crippen LogP) is 5.98. The van der Waals surface area contributed by atoms with Crippen LogP contribution in [0.15, 0.2) is 30.3 Å². The van der Waals surface area contributed by atoms with Gasteiger partial charge in [0.1, 0.15) is 11.3 Å². The summed E-state index contributed by atoms with van der Waals surface area (Å²) in [5, 5.41) is 11.5. The number of aromatic hydroxyl groups is 1. The Morgan fingerprint density at radius 3 is 2.56 bits per heavy atom. The van der Waals surface area contributed by atoms with Crippen molar-refractivity contribution in [2.24, 2.45) is 0 Å². The minimum atomic E-state index is -0.357. The summed E-state index contributed by atoms with van der Waals surface area (Å²) in [5.41, 5.74) is 0.980. The highest BCUT2D eigenvalue weighted by atomic mass is 35.5. The highest BCUT2D eigenvalue weighted by Crippen LogP contribution is 2.40.